The van der Waals surface area contributed by atoms with Crippen molar-refractivity contribution in [2.75, 3.05) is 19.6 Å². The SMILES string of the molecule is Cc1ccc(S(=O)(=O)N2CCNC(C)(C)C2)o1. The number of hydrogen-bond donors (Lipinski definition) is 1. The lowest BCUT2D eigenvalue weighted by Crippen LogP contribution is -2.58. The summed E-state index contributed by atoms with van der Waals surface area (Å²) in [6.07, 6.45) is 0. The van der Waals surface area contributed by atoms with E-state index in [1.165, 1.54) is 10.4 Å². The van der Waals surface area contributed by atoms with E-state index in [9.17, 15) is 8.42 Å². The first-order chi connectivity index (χ1) is 7.81. The summed E-state index contributed by atoms with van der Waals surface area (Å²) >= 11 is 0. The second-order valence-corrected chi connectivity index (χ2v) is 6.88. The van der Waals surface area contributed by atoms with Crippen molar-refractivity contribution in [2.45, 2.75) is 31.4 Å². The number of furan rings is 1. The molecule has 96 valence electrons. The molecule has 5 nitrogen and oxygen atoms in total. The topological polar surface area (TPSA) is 62.6 Å². The molecule has 1 fully saturated rings. The van der Waals surface area contributed by atoms with Crippen LogP contribution in [0, 0.1) is 6.92 Å². The smallest absolute Gasteiger partial charge is 0.276 e. The Balaban J connectivity index is 2.27. The van der Waals surface area contributed by atoms with E-state index in [0.29, 0.717) is 25.4 Å². The van der Waals surface area contributed by atoms with Crippen LogP contribution in [-0.2, 0) is 10.0 Å². The molecule has 2 rings (SSSR count). The fraction of sp³-hybridized carbons (Fsp3) is 0.636. The van der Waals surface area contributed by atoms with Crippen LogP contribution in [-0.4, -0.2) is 37.9 Å². The second kappa shape index (κ2) is 4.12. The number of aryl methyl sites for hydroxylation is 1. The minimum absolute atomic E-state index is 0.0349. The standard InChI is InChI=1S/C11H18N2O3S/c1-9-4-5-10(16-9)17(14,15)13-7-6-12-11(2,3)8-13/h4-5,12H,6-8H2,1-3H3. The maximum atomic E-state index is 12.3. The molecule has 6 heteroatoms. The van der Waals surface area contributed by atoms with Gasteiger partial charge in [0.25, 0.3) is 10.0 Å². The van der Waals surface area contributed by atoms with Crippen LogP contribution in [0.2, 0.25) is 0 Å². The Bertz CT molecular complexity index is 505. The van der Waals surface area contributed by atoms with E-state index in [1.54, 1.807) is 13.0 Å². The van der Waals surface area contributed by atoms with E-state index in [1.807, 2.05) is 13.8 Å². The first-order valence-corrected chi connectivity index (χ1v) is 7.07. The molecule has 0 aromatic carbocycles. The summed E-state index contributed by atoms with van der Waals surface area (Å²) in [7, 11) is -3.49. The summed E-state index contributed by atoms with van der Waals surface area (Å²) in [5.41, 5.74) is -0.201. The number of piperazine rings is 1. The van der Waals surface area contributed by atoms with Gasteiger partial charge in [-0.3, -0.25) is 0 Å². The maximum absolute atomic E-state index is 12.3. The van der Waals surface area contributed by atoms with Crippen molar-refractivity contribution in [2.24, 2.45) is 0 Å². The van der Waals surface area contributed by atoms with Crippen LogP contribution in [0.4, 0.5) is 0 Å². The van der Waals surface area contributed by atoms with Gasteiger partial charge in [-0.1, -0.05) is 0 Å². The minimum atomic E-state index is -3.49. The van der Waals surface area contributed by atoms with Crippen molar-refractivity contribution < 1.29 is 12.8 Å². The van der Waals surface area contributed by atoms with E-state index in [2.05, 4.69) is 5.32 Å². The summed E-state index contributed by atoms with van der Waals surface area (Å²) in [6, 6.07) is 3.18. The third-order valence-corrected chi connectivity index (χ3v) is 4.57. The zero-order chi connectivity index (χ0) is 12.7. The molecule has 0 amide bonds. The minimum Gasteiger partial charge on any atom is -0.449 e. The lowest BCUT2D eigenvalue weighted by Gasteiger charge is -2.37. The van der Waals surface area contributed by atoms with Crippen molar-refractivity contribution in [3.8, 4) is 0 Å². The van der Waals surface area contributed by atoms with Gasteiger partial charge in [-0.05, 0) is 32.9 Å². The number of rotatable bonds is 2. The molecule has 1 aliphatic heterocycles. The lowest BCUT2D eigenvalue weighted by atomic mass is 10.0. The largest absolute Gasteiger partial charge is 0.449 e. The normalized spacial score (nSPS) is 21.6. The van der Waals surface area contributed by atoms with E-state index in [-0.39, 0.29) is 10.6 Å². The third kappa shape index (κ3) is 2.53. The molecule has 1 aromatic heterocycles. The molecular weight excluding hydrogens is 240 g/mol. The summed E-state index contributed by atoms with van der Waals surface area (Å²) in [5.74, 6) is 0.609. The van der Waals surface area contributed by atoms with Crippen molar-refractivity contribution in [3.63, 3.8) is 0 Å². The van der Waals surface area contributed by atoms with Gasteiger partial charge in [0, 0.05) is 25.2 Å². The molecule has 0 radical (unpaired) electrons. The first-order valence-electron chi connectivity index (χ1n) is 5.63. The quantitative estimate of drug-likeness (QED) is 0.858. The zero-order valence-corrected chi connectivity index (χ0v) is 11.2. The van der Waals surface area contributed by atoms with E-state index in [4.69, 9.17) is 4.42 Å². The highest BCUT2D eigenvalue weighted by Crippen LogP contribution is 2.22. The van der Waals surface area contributed by atoms with Crippen LogP contribution in [0.1, 0.15) is 19.6 Å². The molecule has 0 unspecified atom stereocenters. The first kappa shape index (κ1) is 12.6. The average Bonchev–Trinajstić information content (AvgIpc) is 2.64. The molecule has 0 atom stereocenters. The predicted octanol–water partition coefficient (Wildman–Crippen LogP) is 0.961. The molecular formula is C11H18N2O3S. The molecule has 1 aromatic rings. The van der Waals surface area contributed by atoms with Gasteiger partial charge in [-0.25, -0.2) is 8.42 Å². The molecule has 0 bridgehead atoms. The summed E-state index contributed by atoms with van der Waals surface area (Å²) < 4.78 is 31.3. The van der Waals surface area contributed by atoms with Crippen LogP contribution in [0.5, 0.6) is 0 Å². The molecule has 17 heavy (non-hydrogen) atoms. The van der Waals surface area contributed by atoms with Crippen LogP contribution < -0.4 is 5.32 Å². The molecule has 1 aliphatic rings. The Labute approximate surface area is 102 Å². The summed E-state index contributed by atoms with van der Waals surface area (Å²) in [6.45, 7) is 7.30. The summed E-state index contributed by atoms with van der Waals surface area (Å²) in [4.78, 5) is 0. The molecule has 0 aliphatic carbocycles. The van der Waals surface area contributed by atoms with Crippen LogP contribution in [0.15, 0.2) is 21.6 Å². The van der Waals surface area contributed by atoms with Gasteiger partial charge in [-0.2, -0.15) is 4.31 Å². The fourth-order valence-electron chi connectivity index (χ4n) is 1.98. The monoisotopic (exact) mass is 258 g/mol. The van der Waals surface area contributed by atoms with E-state index < -0.39 is 10.0 Å². The van der Waals surface area contributed by atoms with Crippen molar-refractivity contribution >= 4 is 10.0 Å². The van der Waals surface area contributed by atoms with Gasteiger partial charge in [0.05, 0.1) is 0 Å². The van der Waals surface area contributed by atoms with Crippen LogP contribution in [0.25, 0.3) is 0 Å². The highest BCUT2D eigenvalue weighted by atomic mass is 32.2. The van der Waals surface area contributed by atoms with Gasteiger partial charge in [0.2, 0.25) is 5.09 Å². The van der Waals surface area contributed by atoms with Gasteiger partial charge in [0.1, 0.15) is 5.76 Å². The number of nitrogens with one attached hydrogen (secondary N) is 1. The number of sulfonamides is 1. The summed E-state index contributed by atoms with van der Waals surface area (Å²) in [5, 5.41) is 3.32. The lowest BCUT2D eigenvalue weighted by molar-refractivity contribution is 0.229. The number of hydrogen-bond acceptors (Lipinski definition) is 4. The van der Waals surface area contributed by atoms with Gasteiger partial charge < -0.3 is 9.73 Å². The van der Waals surface area contributed by atoms with Crippen molar-refractivity contribution in [1.82, 2.24) is 9.62 Å². The van der Waals surface area contributed by atoms with Crippen molar-refractivity contribution in [1.29, 1.82) is 0 Å². The maximum Gasteiger partial charge on any atom is 0.276 e. The van der Waals surface area contributed by atoms with Gasteiger partial charge in [0.15, 0.2) is 0 Å². The van der Waals surface area contributed by atoms with E-state index in [0.717, 1.165) is 0 Å². The Morgan fingerprint density at radius 2 is 2.12 bits per heavy atom. The molecule has 0 saturated carbocycles. The van der Waals surface area contributed by atoms with Gasteiger partial charge in [-0.15, -0.1) is 0 Å². The number of nitrogens with zero attached hydrogens (tertiary/aromatic N) is 1. The molecule has 1 N–H and O–H groups in total. The molecule has 0 spiro atoms. The molecule has 2 heterocycles. The highest BCUT2D eigenvalue weighted by Gasteiger charge is 2.35. The average molecular weight is 258 g/mol. The fourth-order valence-corrected chi connectivity index (χ4v) is 3.53. The van der Waals surface area contributed by atoms with E-state index >= 15 is 0 Å². The third-order valence-electron chi connectivity index (χ3n) is 2.85. The Morgan fingerprint density at radius 1 is 1.41 bits per heavy atom. The Hall–Kier alpha value is -0.850. The highest BCUT2D eigenvalue weighted by molar-refractivity contribution is 7.89. The molecule has 1 saturated heterocycles. The van der Waals surface area contributed by atoms with Crippen LogP contribution >= 0.6 is 0 Å². The van der Waals surface area contributed by atoms with Crippen LogP contribution in [0.3, 0.4) is 0 Å². The predicted molar refractivity (Wildman–Crippen MR) is 64.3 cm³/mol. The second-order valence-electron chi connectivity index (χ2n) is 5.01. The Kier molecular flexibility index (Phi) is 3.05. The zero-order valence-electron chi connectivity index (χ0n) is 10.4. The van der Waals surface area contributed by atoms with Crippen molar-refractivity contribution in [3.05, 3.63) is 17.9 Å². The Morgan fingerprint density at radius 3 is 2.65 bits per heavy atom. The van der Waals surface area contributed by atoms with Gasteiger partial charge >= 0.3 is 0 Å².